The summed E-state index contributed by atoms with van der Waals surface area (Å²) in [6.45, 7) is -0.180. The lowest BCUT2D eigenvalue weighted by Gasteiger charge is -2.35. The van der Waals surface area contributed by atoms with Gasteiger partial charge in [-0.05, 0) is 80.3 Å². The standard InChI is InChI=1S/C54H33B3O4/c1-3-20-38(55-40-22-5-9-28-46(40)58-47-29-10-6-23-41(47)55)34(16-1)36-18-13-26-44-53(36)60-50-32-15-33-51-52(50)57(44)45-27-14-19-37(54(45)61-51)35-17-2-4-21-39(35)56-42-24-7-11-30-48(42)59-49-31-12-8-25-43(49)56/h1-33H. The van der Waals surface area contributed by atoms with Crippen LogP contribution in [0, 0.1) is 0 Å². The fraction of sp³-hybridized carbons (Fsp3) is 0. The van der Waals surface area contributed by atoms with Gasteiger partial charge in [-0.3, -0.25) is 0 Å². The number of hydrogen-bond donors (Lipinski definition) is 0. The van der Waals surface area contributed by atoms with Gasteiger partial charge in [0.2, 0.25) is 0 Å². The molecule has 4 aliphatic rings. The predicted molar refractivity (Wildman–Crippen MR) is 250 cm³/mol. The van der Waals surface area contributed by atoms with Gasteiger partial charge in [0.15, 0.2) is 0 Å². The van der Waals surface area contributed by atoms with E-state index in [9.17, 15) is 0 Å². The minimum absolute atomic E-state index is 0.0308. The van der Waals surface area contributed by atoms with Crippen molar-refractivity contribution < 1.29 is 18.9 Å². The van der Waals surface area contributed by atoms with Crippen LogP contribution in [0.25, 0.3) is 22.3 Å². The minimum atomic E-state index is -0.119. The summed E-state index contributed by atoms with van der Waals surface area (Å²) in [5.41, 5.74) is 14.6. The Balaban J connectivity index is 0.988. The lowest BCUT2D eigenvalue weighted by Crippen LogP contribution is -2.58. The Hall–Kier alpha value is -7.63. The Morgan fingerprint density at radius 2 is 0.508 bits per heavy atom. The topological polar surface area (TPSA) is 36.9 Å². The van der Waals surface area contributed by atoms with Gasteiger partial charge in [-0.1, -0.05) is 175 Å². The molecule has 0 saturated heterocycles. The van der Waals surface area contributed by atoms with Crippen LogP contribution in [-0.2, 0) is 0 Å². The van der Waals surface area contributed by atoms with Gasteiger partial charge in [-0.2, -0.15) is 0 Å². The molecule has 4 nitrogen and oxygen atoms in total. The van der Waals surface area contributed by atoms with Crippen LogP contribution in [0.1, 0.15) is 0 Å². The van der Waals surface area contributed by atoms with E-state index in [1.807, 2.05) is 30.3 Å². The molecule has 0 aromatic heterocycles. The summed E-state index contributed by atoms with van der Waals surface area (Å²) in [6, 6.07) is 70.6. The van der Waals surface area contributed by atoms with Crippen LogP contribution in [0.5, 0.6) is 46.0 Å². The van der Waals surface area contributed by atoms with Crippen LogP contribution in [0.15, 0.2) is 200 Å². The van der Waals surface area contributed by atoms with Gasteiger partial charge in [0, 0.05) is 16.6 Å². The maximum absolute atomic E-state index is 7.07. The molecule has 9 aromatic rings. The van der Waals surface area contributed by atoms with Crippen molar-refractivity contribution in [1.82, 2.24) is 0 Å². The van der Waals surface area contributed by atoms with Crippen molar-refractivity contribution in [3.63, 3.8) is 0 Å². The summed E-state index contributed by atoms with van der Waals surface area (Å²) in [4.78, 5) is 0. The highest BCUT2D eigenvalue weighted by molar-refractivity contribution is 6.99. The maximum Gasteiger partial charge on any atom is 0.260 e. The van der Waals surface area contributed by atoms with Gasteiger partial charge in [0.05, 0.1) is 0 Å². The van der Waals surface area contributed by atoms with Crippen molar-refractivity contribution in [3.8, 4) is 68.2 Å². The molecule has 9 aromatic carbocycles. The SMILES string of the molecule is c1ccc2c(c1)Oc1ccccc1B2c1ccccc1-c1cccc2c1Oc1cccc3c1B2c1cccc(-c2ccccc2B2c4ccccc4Oc4ccccc42)c1O3. The number of fused-ring (bicyclic) bond motifs is 8. The van der Waals surface area contributed by atoms with Crippen LogP contribution in [0.3, 0.4) is 0 Å². The monoisotopic (exact) mass is 778 g/mol. The van der Waals surface area contributed by atoms with Crippen LogP contribution in [0.2, 0.25) is 0 Å². The molecule has 0 atom stereocenters. The van der Waals surface area contributed by atoms with Gasteiger partial charge >= 0.3 is 0 Å². The molecule has 0 radical (unpaired) electrons. The average molecular weight is 778 g/mol. The molecule has 0 unspecified atom stereocenters. The molecule has 13 rings (SSSR count). The Morgan fingerprint density at radius 3 is 0.918 bits per heavy atom. The first-order valence-electron chi connectivity index (χ1n) is 20.9. The Kier molecular flexibility index (Phi) is 7.55. The lowest BCUT2D eigenvalue weighted by atomic mass is 9.33. The highest BCUT2D eigenvalue weighted by Crippen LogP contribution is 2.42. The zero-order chi connectivity index (χ0) is 40.0. The number of rotatable bonds is 4. The van der Waals surface area contributed by atoms with E-state index in [0.29, 0.717) is 0 Å². The molecule has 282 valence electrons. The van der Waals surface area contributed by atoms with Crippen molar-refractivity contribution in [2.45, 2.75) is 0 Å². The second-order valence-corrected chi connectivity index (χ2v) is 16.1. The number of ether oxygens (including phenoxy) is 4. The first-order chi connectivity index (χ1) is 30.3. The lowest BCUT2D eigenvalue weighted by molar-refractivity contribution is 0.466. The zero-order valence-corrected chi connectivity index (χ0v) is 32.9. The normalized spacial score (nSPS) is 13.3. The summed E-state index contributed by atoms with van der Waals surface area (Å²) in [5.74, 6) is 6.90. The van der Waals surface area contributed by atoms with Gasteiger partial charge in [-0.15, -0.1) is 0 Å². The molecule has 0 bridgehead atoms. The van der Waals surface area contributed by atoms with E-state index in [0.717, 1.165) is 106 Å². The van der Waals surface area contributed by atoms with E-state index in [-0.39, 0.29) is 20.1 Å². The van der Waals surface area contributed by atoms with Crippen molar-refractivity contribution in [3.05, 3.63) is 200 Å². The third kappa shape index (κ3) is 5.17. The van der Waals surface area contributed by atoms with Gasteiger partial charge < -0.3 is 18.9 Å². The maximum atomic E-state index is 7.07. The summed E-state index contributed by atoms with van der Waals surface area (Å²) >= 11 is 0. The van der Waals surface area contributed by atoms with Crippen molar-refractivity contribution in [2.75, 3.05) is 0 Å². The first kappa shape index (κ1) is 34.3. The number of hydrogen-bond acceptors (Lipinski definition) is 4. The Labute approximate surface area is 355 Å². The summed E-state index contributed by atoms with van der Waals surface area (Å²) in [5, 5.41) is 0. The Bertz CT molecular complexity index is 2970. The van der Waals surface area contributed by atoms with Gasteiger partial charge in [0.1, 0.15) is 46.0 Å². The van der Waals surface area contributed by atoms with Crippen molar-refractivity contribution in [1.29, 1.82) is 0 Å². The predicted octanol–water partition coefficient (Wildman–Crippen LogP) is 6.99. The van der Waals surface area contributed by atoms with Crippen molar-refractivity contribution >= 4 is 69.3 Å². The molecule has 0 saturated carbocycles. The molecule has 0 amide bonds. The molecule has 0 N–H and O–H groups in total. The van der Waals surface area contributed by atoms with Crippen LogP contribution < -0.4 is 68.1 Å². The summed E-state index contributed by atoms with van der Waals surface area (Å²) in [6.07, 6.45) is 0. The molecule has 0 spiro atoms. The summed E-state index contributed by atoms with van der Waals surface area (Å²) in [7, 11) is 0. The minimum Gasteiger partial charge on any atom is -0.458 e. The average Bonchev–Trinajstić information content (AvgIpc) is 3.32. The third-order valence-corrected chi connectivity index (χ3v) is 12.9. The van der Waals surface area contributed by atoms with E-state index in [1.165, 1.54) is 10.9 Å². The third-order valence-electron chi connectivity index (χ3n) is 12.9. The number of para-hydroxylation sites is 6. The second-order valence-electron chi connectivity index (χ2n) is 16.1. The fourth-order valence-electron chi connectivity index (χ4n) is 10.4. The first-order valence-corrected chi connectivity index (χ1v) is 20.9. The van der Waals surface area contributed by atoms with Gasteiger partial charge in [0.25, 0.3) is 20.1 Å². The van der Waals surface area contributed by atoms with E-state index in [2.05, 4.69) is 170 Å². The van der Waals surface area contributed by atoms with Gasteiger partial charge in [-0.25, -0.2) is 0 Å². The molecule has 61 heavy (non-hydrogen) atoms. The highest BCUT2D eigenvalue weighted by atomic mass is 16.5. The van der Waals surface area contributed by atoms with Crippen LogP contribution >= 0.6 is 0 Å². The quantitative estimate of drug-likeness (QED) is 0.181. The van der Waals surface area contributed by atoms with E-state index in [1.54, 1.807) is 0 Å². The molecular weight excluding hydrogens is 745 g/mol. The van der Waals surface area contributed by atoms with Crippen LogP contribution in [0.4, 0.5) is 0 Å². The fourth-order valence-corrected chi connectivity index (χ4v) is 10.4. The smallest absolute Gasteiger partial charge is 0.260 e. The largest absolute Gasteiger partial charge is 0.458 e. The molecule has 7 heteroatoms. The highest BCUT2D eigenvalue weighted by Gasteiger charge is 2.43. The zero-order valence-electron chi connectivity index (χ0n) is 32.9. The van der Waals surface area contributed by atoms with Crippen LogP contribution in [-0.4, -0.2) is 20.1 Å². The van der Waals surface area contributed by atoms with E-state index in [4.69, 9.17) is 18.9 Å². The molecule has 4 heterocycles. The molecular formula is C54H33B3O4. The van der Waals surface area contributed by atoms with E-state index < -0.39 is 0 Å². The molecule has 0 aliphatic carbocycles. The second kappa shape index (κ2) is 13.5. The Morgan fingerprint density at radius 1 is 0.213 bits per heavy atom. The summed E-state index contributed by atoms with van der Waals surface area (Å²) < 4.78 is 27.1. The van der Waals surface area contributed by atoms with Crippen molar-refractivity contribution in [2.24, 2.45) is 0 Å². The molecule has 4 aliphatic heterocycles. The van der Waals surface area contributed by atoms with E-state index >= 15 is 0 Å². The number of benzene rings is 9. The molecule has 0 fully saturated rings.